The number of carbonyl (C=O) groups excluding carboxylic acids is 1. The number of amides is 1. The Kier molecular flexibility index (Phi) is 5.65. The highest BCUT2D eigenvalue weighted by molar-refractivity contribution is 7.20. The molecule has 0 N–H and O–H groups in total. The van der Waals surface area contributed by atoms with E-state index < -0.39 is 0 Å². The van der Waals surface area contributed by atoms with Gasteiger partial charge in [-0.15, -0.1) is 17.9 Å². The summed E-state index contributed by atoms with van der Waals surface area (Å²) in [6.45, 7) is 6.48. The Labute approximate surface area is 183 Å². The zero-order valence-electron chi connectivity index (χ0n) is 16.9. The highest BCUT2D eigenvalue weighted by Crippen LogP contribution is 2.31. The molecule has 7 heteroatoms. The second kappa shape index (κ2) is 8.54. The minimum atomic E-state index is -0.311. The third-order valence-electron chi connectivity index (χ3n) is 4.92. The summed E-state index contributed by atoms with van der Waals surface area (Å²) < 4.78 is 15.1. The minimum Gasteiger partial charge on any atom is -0.330 e. The molecule has 154 valence electrons. The minimum absolute atomic E-state index is 0.101. The number of hydrogen-bond acceptors (Lipinski definition) is 4. The summed E-state index contributed by atoms with van der Waals surface area (Å²) in [7, 11) is 0. The lowest BCUT2D eigenvalue weighted by Gasteiger charge is -2.20. The van der Waals surface area contributed by atoms with Gasteiger partial charge >= 0.3 is 0 Å². The van der Waals surface area contributed by atoms with Crippen LogP contribution in [0.4, 0.5) is 4.39 Å². The van der Waals surface area contributed by atoms with Crippen LogP contribution in [0.5, 0.6) is 0 Å². The molecule has 4 rings (SSSR count). The van der Waals surface area contributed by atoms with Gasteiger partial charge in [0.2, 0.25) is 0 Å². The molecule has 0 unspecified atom stereocenters. The SMILES string of the molecule is C=CCN(Cc1ccc(C#N)cc1)C(=O)c1cc2c(C)nn(-c3ccc(F)cc3)c2s1. The number of rotatable bonds is 6. The molecule has 31 heavy (non-hydrogen) atoms. The van der Waals surface area contributed by atoms with Gasteiger partial charge in [-0.1, -0.05) is 18.2 Å². The fourth-order valence-corrected chi connectivity index (χ4v) is 4.50. The van der Waals surface area contributed by atoms with E-state index in [0.717, 1.165) is 27.2 Å². The van der Waals surface area contributed by atoms with Gasteiger partial charge < -0.3 is 4.90 Å². The molecule has 0 spiro atoms. The van der Waals surface area contributed by atoms with Crippen molar-refractivity contribution in [3.63, 3.8) is 0 Å². The van der Waals surface area contributed by atoms with Crippen LogP contribution < -0.4 is 0 Å². The van der Waals surface area contributed by atoms with Crippen molar-refractivity contribution < 1.29 is 9.18 Å². The van der Waals surface area contributed by atoms with E-state index in [9.17, 15) is 9.18 Å². The Morgan fingerprint density at radius 1 is 1.26 bits per heavy atom. The van der Waals surface area contributed by atoms with Crippen molar-refractivity contribution in [2.75, 3.05) is 6.54 Å². The molecule has 0 radical (unpaired) electrons. The van der Waals surface area contributed by atoms with E-state index in [1.807, 2.05) is 25.1 Å². The number of aryl methyl sites for hydroxylation is 1. The monoisotopic (exact) mass is 430 g/mol. The molecule has 2 aromatic heterocycles. The van der Waals surface area contributed by atoms with Crippen molar-refractivity contribution in [3.8, 4) is 11.8 Å². The lowest BCUT2D eigenvalue weighted by atomic mass is 10.1. The molecule has 0 aliphatic heterocycles. The molecule has 2 aromatic carbocycles. The fraction of sp³-hybridized carbons (Fsp3) is 0.125. The van der Waals surface area contributed by atoms with Crippen molar-refractivity contribution in [2.45, 2.75) is 13.5 Å². The molecule has 1 amide bonds. The molecule has 4 aromatic rings. The van der Waals surface area contributed by atoms with Crippen molar-refractivity contribution in [3.05, 3.63) is 94.8 Å². The van der Waals surface area contributed by atoms with Gasteiger partial charge in [0.25, 0.3) is 5.91 Å². The molecule has 0 aliphatic rings. The fourth-order valence-electron chi connectivity index (χ4n) is 3.35. The van der Waals surface area contributed by atoms with Crippen LogP contribution in [-0.2, 0) is 6.54 Å². The molecule has 0 bridgehead atoms. The summed E-state index contributed by atoms with van der Waals surface area (Å²) in [6, 6.07) is 17.3. The zero-order valence-corrected chi connectivity index (χ0v) is 17.7. The van der Waals surface area contributed by atoms with Crippen LogP contribution in [0.2, 0.25) is 0 Å². The van der Waals surface area contributed by atoms with Gasteiger partial charge in [-0.25, -0.2) is 9.07 Å². The predicted molar refractivity (Wildman–Crippen MR) is 120 cm³/mol. The average molecular weight is 431 g/mol. The molecule has 0 atom stereocenters. The van der Waals surface area contributed by atoms with Crippen LogP contribution >= 0.6 is 11.3 Å². The van der Waals surface area contributed by atoms with Gasteiger partial charge in [-0.05, 0) is 55.0 Å². The first-order valence-corrected chi connectivity index (χ1v) is 10.5. The van der Waals surface area contributed by atoms with Crippen molar-refractivity contribution in [2.24, 2.45) is 0 Å². The highest BCUT2D eigenvalue weighted by atomic mass is 32.1. The van der Waals surface area contributed by atoms with Gasteiger partial charge in [0, 0.05) is 18.5 Å². The molecular weight excluding hydrogens is 411 g/mol. The Morgan fingerprint density at radius 3 is 2.61 bits per heavy atom. The molecule has 0 fully saturated rings. The summed E-state index contributed by atoms with van der Waals surface area (Å²) in [4.78, 5) is 16.4. The van der Waals surface area contributed by atoms with Gasteiger partial charge in [-0.2, -0.15) is 10.4 Å². The largest absolute Gasteiger partial charge is 0.330 e. The number of nitriles is 1. The van der Waals surface area contributed by atoms with Crippen molar-refractivity contribution in [1.29, 1.82) is 5.26 Å². The molecular formula is C24H19FN4OS. The third kappa shape index (κ3) is 4.11. The molecule has 0 saturated heterocycles. The molecule has 0 saturated carbocycles. The summed E-state index contributed by atoms with van der Waals surface area (Å²) in [6.07, 6.45) is 1.69. The predicted octanol–water partition coefficient (Wildman–Crippen LogP) is 5.23. The van der Waals surface area contributed by atoms with Gasteiger partial charge in [0.05, 0.1) is 27.9 Å². The number of nitrogens with zero attached hydrogens (tertiary/aromatic N) is 4. The van der Waals surface area contributed by atoms with E-state index in [2.05, 4.69) is 17.7 Å². The first-order chi connectivity index (χ1) is 15.0. The number of benzene rings is 2. The van der Waals surface area contributed by atoms with Crippen LogP contribution in [0.1, 0.15) is 26.5 Å². The average Bonchev–Trinajstić information content (AvgIpc) is 3.35. The summed E-state index contributed by atoms with van der Waals surface area (Å²) in [5.74, 6) is -0.413. The Hall–Kier alpha value is -3.76. The summed E-state index contributed by atoms with van der Waals surface area (Å²) in [5.41, 5.74) is 3.05. The van der Waals surface area contributed by atoms with E-state index in [-0.39, 0.29) is 11.7 Å². The standard InChI is InChI=1S/C24H19FN4OS/c1-3-12-28(15-18-6-4-17(14-26)5-7-18)23(30)22-13-21-16(2)27-29(24(21)31-22)20-10-8-19(25)9-11-20/h3-11,13H,1,12,15H2,2H3. The Morgan fingerprint density at radius 2 is 1.97 bits per heavy atom. The second-order valence-corrected chi connectivity index (χ2v) is 8.12. The number of aromatic nitrogens is 2. The number of hydrogen-bond donors (Lipinski definition) is 0. The highest BCUT2D eigenvalue weighted by Gasteiger charge is 2.21. The second-order valence-electron chi connectivity index (χ2n) is 7.09. The van der Waals surface area contributed by atoms with Gasteiger partial charge in [0.1, 0.15) is 10.6 Å². The van der Waals surface area contributed by atoms with E-state index in [4.69, 9.17) is 5.26 Å². The third-order valence-corrected chi connectivity index (χ3v) is 6.02. The lowest BCUT2D eigenvalue weighted by Crippen LogP contribution is -2.30. The maximum absolute atomic E-state index is 13.3. The van der Waals surface area contributed by atoms with Gasteiger partial charge in [-0.3, -0.25) is 4.79 Å². The number of thiophene rings is 1. The van der Waals surface area contributed by atoms with Crippen molar-refractivity contribution in [1.82, 2.24) is 14.7 Å². The number of fused-ring (bicyclic) bond motifs is 1. The normalized spacial score (nSPS) is 10.7. The van der Waals surface area contributed by atoms with Crippen LogP contribution in [0.25, 0.3) is 15.9 Å². The zero-order chi connectivity index (χ0) is 22.0. The van der Waals surface area contributed by atoms with Gasteiger partial charge in [0.15, 0.2) is 0 Å². The van der Waals surface area contributed by atoms with E-state index in [1.54, 1.807) is 39.9 Å². The molecule has 0 aliphatic carbocycles. The van der Waals surface area contributed by atoms with Crippen LogP contribution in [0, 0.1) is 24.1 Å². The number of halogens is 1. The maximum atomic E-state index is 13.3. The molecule has 5 nitrogen and oxygen atoms in total. The Bertz CT molecular complexity index is 1300. The number of carbonyl (C=O) groups is 1. The van der Waals surface area contributed by atoms with Crippen LogP contribution in [0.15, 0.2) is 67.3 Å². The van der Waals surface area contributed by atoms with E-state index >= 15 is 0 Å². The summed E-state index contributed by atoms with van der Waals surface area (Å²) in [5, 5.41) is 14.4. The lowest BCUT2D eigenvalue weighted by molar-refractivity contribution is 0.0767. The first-order valence-electron chi connectivity index (χ1n) is 9.64. The van der Waals surface area contributed by atoms with Crippen LogP contribution in [-0.4, -0.2) is 27.1 Å². The van der Waals surface area contributed by atoms with E-state index in [1.165, 1.54) is 23.5 Å². The quantitative estimate of drug-likeness (QED) is 0.393. The smallest absolute Gasteiger partial charge is 0.264 e. The van der Waals surface area contributed by atoms with Crippen LogP contribution in [0.3, 0.4) is 0 Å². The summed E-state index contributed by atoms with van der Waals surface area (Å²) >= 11 is 1.36. The Balaban J connectivity index is 1.66. The van der Waals surface area contributed by atoms with E-state index in [0.29, 0.717) is 23.5 Å². The first kappa shape index (κ1) is 20.5. The molecule has 2 heterocycles. The maximum Gasteiger partial charge on any atom is 0.264 e. The topological polar surface area (TPSA) is 61.9 Å². The van der Waals surface area contributed by atoms with Crippen molar-refractivity contribution >= 4 is 27.5 Å².